The summed E-state index contributed by atoms with van der Waals surface area (Å²) in [5, 5.41) is 13.5. The highest BCUT2D eigenvalue weighted by molar-refractivity contribution is 7.89. The Morgan fingerprint density at radius 3 is 2.43 bits per heavy atom. The van der Waals surface area contributed by atoms with Crippen LogP contribution in [0.4, 0.5) is 0 Å². The summed E-state index contributed by atoms with van der Waals surface area (Å²) in [6.07, 6.45) is 1.56. The molecule has 2 rings (SSSR count). The molecule has 0 bridgehead atoms. The number of aryl methyl sites for hydroxylation is 1. The van der Waals surface area contributed by atoms with E-state index in [4.69, 9.17) is 0 Å². The lowest BCUT2D eigenvalue weighted by molar-refractivity contribution is 0.251. The predicted octanol–water partition coefficient (Wildman–Crippen LogP) is 1.96. The Morgan fingerprint density at radius 2 is 1.91 bits per heavy atom. The van der Waals surface area contributed by atoms with Crippen LogP contribution in [0, 0.1) is 6.92 Å². The lowest BCUT2D eigenvalue weighted by Gasteiger charge is -2.21. The van der Waals surface area contributed by atoms with Crippen LogP contribution < -0.4 is 0 Å². The molecular weight excluding hydrogens is 314 g/mol. The third kappa shape index (κ3) is 3.99. The summed E-state index contributed by atoms with van der Waals surface area (Å²) in [6.45, 7) is 5.60. The Morgan fingerprint density at radius 1 is 1.26 bits per heavy atom. The molecule has 0 spiro atoms. The van der Waals surface area contributed by atoms with Crippen molar-refractivity contribution in [1.29, 1.82) is 0 Å². The minimum Gasteiger partial charge on any atom is -0.395 e. The molecule has 2 aromatic rings. The molecule has 23 heavy (non-hydrogen) atoms. The molecule has 1 heterocycles. The number of rotatable bonds is 7. The van der Waals surface area contributed by atoms with E-state index in [2.05, 4.69) is 5.10 Å². The summed E-state index contributed by atoms with van der Waals surface area (Å²) in [5.41, 5.74) is 1.34. The van der Waals surface area contributed by atoms with Crippen molar-refractivity contribution >= 4 is 10.0 Å². The van der Waals surface area contributed by atoms with Crippen molar-refractivity contribution in [2.24, 2.45) is 0 Å². The van der Waals surface area contributed by atoms with Gasteiger partial charge < -0.3 is 5.11 Å². The standard InChI is InChI=1S/C16H23N3O3S/c1-13(2)19-12-16(14(3)17-19)23(21,22)18(9-10-20)11-15-7-5-4-6-8-15/h4-8,12-13,20H,9-11H2,1-3H3. The predicted molar refractivity (Wildman–Crippen MR) is 88.5 cm³/mol. The lowest BCUT2D eigenvalue weighted by atomic mass is 10.2. The molecule has 6 nitrogen and oxygen atoms in total. The Balaban J connectivity index is 2.37. The first-order valence-electron chi connectivity index (χ1n) is 7.57. The van der Waals surface area contributed by atoms with Gasteiger partial charge in [0.1, 0.15) is 4.90 Å². The second kappa shape index (κ2) is 7.25. The van der Waals surface area contributed by atoms with E-state index in [1.165, 1.54) is 4.31 Å². The molecule has 1 N–H and O–H groups in total. The number of nitrogens with zero attached hydrogens (tertiary/aromatic N) is 3. The van der Waals surface area contributed by atoms with Crippen LogP contribution in [0.5, 0.6) is 0 Å². The fourth-order valence-electron chi connectivity index (χ4n) is 2.30. The third-order valence-electron chi connectivity index (χ3n) is 3.57. The van der Waals surface area contributed by atoms with E-state index in [1.807, 2.05) is 44.2 Å². The SMILES string of the molecule is Cc1nn(C(C)C)cc1S(=O)(=O)N(CCO)Cc1ccccc1. The van der Waals surface area contributed by atoms with Crippen LogP contribution in [0.2, 0.25) is 0 Å². The zero-order chi connectivity index (χ0) is 17.0. The maximum absolute atomic E-state index is 12.9. The van der Waals surface area contributed by atoms with E-state index < -0.39 is 10.0 Å². The first-order chi connectivity index (χ1) is 10.9. The normalized spacial score (nSPS) is 12.3. The van der Waals surface area contributed by atoms with E-state index in [-0.39, 0.29) is 30.6 Å². The van der Waals surface area contributed by atoms with Crippen LogP contribution in [0.3, 0.4) is 0 Å². The molecule has 0 aliphatic heterocycles. The van der Waals surface area contributed by atoms with Gasteiger partial charge in [0, 0.05) is 25.3 Å². The van der Waals surface area contributed by atoms with Gasteiger partial charge in [-0.2, -0.15) is 9.40 Å². The molecule has 7 heteroatoms. The van der Waals surface area contributed by atoms with Crippen LogP contribution in [-0.4, -0.2) is 40.8 Å². The number of aliphatic hydroxyl groups is 1. The monoisotopic (exact) mass is 337 g/mol. The minimum absolute atomic E-state index is 0.0452. The molecule has 1 aromatic carbocycles. The van der Waals surface area contributed by atoms with E-state index in [9.17, 15) is 13.5 Å². The number of benzene rings is 1. The fourth-order valence-corrected chi connectivity index (χ4v) is 3.88. The molecule has 126 valence electrons. The van der Waals surface area contributed by atoms with Crippen molar-refractivity contribution in [3.05, 3.63) is 47.8 Å². The number of sulfonamides is 1. The molecule has 0 atom stereocenters. The molecule has 0 saturated carbocycles. The average Bonchev–Trinajstić information content (AvgIpc) is 2.91. The van der Waals surface area contributed by atoms with Crippen LogP contribution in [0.15, 0.2) is 41.4 Å². The number of hydrogen-bond acceptors (Lipinski definition) is 4. The largest absolute Gasteiger partial charge is 0.395 e. The molecule has 0 aliphatic carbocycles. The second-order valence-electron chi connectivity index (χ2n) is 5.70. The maximum Gasteiger partial charge on any atom is 0.246 e. The second-order valence-corrected chi connectivity index (χ2v) is 7.61. The molecular formula is C16H23N3O3S. The van der Waals surface area contributed by atoms with Crippen LogP contribution in [-0.2, 0) is 16.6 Å². The van der Waals surface area contributed by atoms with Crippen LogP contribution in [0.1, 0.15) is 31.1 Å². The third-order valence-corrected chi connectivity index (χ3v) is 5.52. The Kier molecular flexibility index (Phi) is 5.56. The average molecular weight is 337 g/mol. The summed E-state index contributed by atoms with van der Waals surface area (Å²) in [6, 6.07) is 9.42. The van der Waals surface area contributed by atoms with E-state index >= 15 is 0 Å². The quantitative estimate of drug-likeness (QED) is 0.838. The minimum atomic E-state index is -3.71. The first-order valence-corrected chi connectivity index (χ1v) is 9.01. The van der Waals surface area contributed by atoms with Crippen molar-refractivity contribution in [1.82, 2.24) is 14.1 Å². The van der Waals surface area contributed by atoms with Crippen molar-refractivity contribution in [2.75, 3.05) is 13.2 Å². The molecule has 1 aromatic heterocycles. The van der Waals surface area contributed by atoms with Crippen molar-refractivity contribution in [2.45, 2.75) is 38.3 Å². The first kappa shape index (κ1) is 17.7. The zero-order valence-corrected chi connectivity index (χ0v) is 14.5. The van der Waals surface area contributed by atoms with Gasteiger partial charge in [-0.3, -0.25) is 4.68 Å². The molecule has 0 aliphatic rings. The van der Waals surface area contributed by atoms with Gasteiger partial charge in [-0.1, -0.05) is 30.3 Å². The van der Waals surface area contributed by atoms with Gasteiger partial charge in [0.05, 0.1) is 12.3 Å². The van der Waals surface area contributed by atoms with Gasteiger partial charge in [-0.05, 0) is 26.3 Å². The highest BCUT2D eigenvalue weighted by Crippen LogP contribution is 2.22. The van der Waals surface area contributed by atoms with Gasteiger partial charge in [-0.15, -0.1) is 0 Å². The van der Waals surface area contributed by atoms with Gasteiger partial charge in [0.2, 0.25) is 10.0 Å². The molecule has 0 radical (unpaired) electrons. The summed E-state index contributed by atoms with van der Waals surface area (Å²) in [4.78, 5) is 0.190. The lowest BCUT2D eigenvalue weighted by Crippen LogP contribution is -2.33. The van der Waals surface area contributed by atoms with Gasteiger partial charge in [0.25, 0.3) is 0 Å². The summed E-state index contributed by atoms with van der Waals surface area (Å²) < 4.78 is 28.8. The molecule has 0 fully saturated rings. The number of aromatic nitrogens is 2. The fraction of sp³-hybridized carbons (Fsp3) is 0.438. The van der Waals surface area contributed by atoms with Crippen molar-refractivity contribution in [3.8, 4) is 0 Å². The van der Waals surface area contributed by atoms with E-state index in [0.29, 0.717) is 5.69 Å². The molecule has 0 saturated heterocycles. The number of hydrogen-bond donors (Lipinski definition) is 1. The van der Waals surface area contributed by atoms with Gasteiger partial charge in [-0.25, -0.2) is 8.42 Å². The maximum atomic E-state index is 12.9. The van der Waals surface area contributed by atoms with Crippen molar-refractivity contribution < 1.29 is 13.5 Å². The molecule has 0 unspecified atom stereocenters. The zero-order valence-electron chi connectivity index (χ0n) is 13.7. The summed E-state index contributed by atoms with van der Waals surface area (Å²) in [7, 11) is -3.71. The Hall–Kier alpha value is -1.70. The highest BCUT2D eigenvalue weighted by atomic mass is 32.2. The molecule has 0 amide bonds. The Labute approximate surface area is 137 Å². The highest BCUT2D eigenvalue weighted by Gasteiger charge is 2.28. The van der Waals surface area contributed by atoms with Gasteiger partial charge in [0.15, 0.2) is 0 Å². The van der Waals surface area contributed by atoms with Gasteiger partial charge >= 0.3 is 0 Å². The van der Waals surface area contributed by atoms with Crippen molar-refractivity contribution in [3.63, 3.8) is 0 Å². The topological polar surface area (TPSA) is 75.4 Å². The smallest absolute Gasteiger partial charge is 0.246 e. The summed E-state index contributed by atoms with van der Waals surface area (Å²) in [5.74, 6) is 0. The summed E-state index contributed by atoms with van der Waals surface area (Å²) >= 11 is 0. The van der Waals surface area contributed by atoms with E-state index in [0.717, 1.165) is 5.56 Å². The van der Waals surface area contributed by atoms with Crippen LogP contribution in [0.25, 0.3) is 0 Å². The van der Waals surface area contributed by atoms with Crippen LogP contribution >= 0.6 is 0 Å². The number of aliphatic hydroxyl groups excluding tert-OH is 1. The van der Waals surface area contributed by atoms with E-state index in [1.54, 1.807) is 17.8 Å². The Bertz CT molecular complexity index is 739.